The lowest BCUT2D eigenvalue weighted by Gasteiger charge is -2.38. The minimum Gasteiger partial charge on any atom is -0.289 e. The number of halogens is 6. The highest BCUT2D eigenvalue weighted by Crippen LogP contribution is 2.47. The molecule has 0 amide bonds. The average molecular weight is 1350 g/mol. The largest absolute Gasteiger partial charge is 0.417 e. The van der Waals surface area contributed by atoms with E-state index in [9.17, 15) is 40.7 Å². The maximum Gasteiger partial charge on any atom is 0.417 e. The van der Waals surface area contributed by atoms with E-state index in [0.717, 1.165) is 99.2 Å². The second-order valence-electron chi connectivity index (χ2n) is 30.4. The van der Waals surface area contributed by atoms with E-state index < -0.39 is 35.0 Å². The molecule has 0 aromatic heterocycles. The van der Waals surface area contributed by atoms with Gasteiger partial charge in [-0.05, 0) is 209 Å². The number of hydrogen-bond donors (Lipinski definition) is 0. The number of alkyl halides is 6. The summed E-state index contributed by atoms with van der Waals surface area (Å²) in [6, 6.07) is 57.6. The molecule has 2 saturated carbocycles. The fourth-order valence-electron chi connectivity index (χ4n) is 15.8. The van der Waals surface area contributed by atoms with E-state index in [0.29, 0.717) is 53.1 Å². The second-order valence-corrected chi connectivity index (χ2v) is 30.4. The van der Waals surface area contributed by atoms with Gasteiger partial charge in [0.25, 0.3) is 0 Å². The summed E-state index contributed by atoms with van der Waals surface area (Å²) in [4.78, 5) is 40.9. The summed E-state index contributed by atoms with van der Waals surface area (Å²) < 4.78 is 83.1. The molecule has 7 atom stereocenters. The van der Waals surface area contributed by atoms with Crippen molar-refractivity contribution in [2.24, 2.45) is 41.4 Å². The fraction of sp³-hybridized carbons (Fsp3) is 0.433. The molecule has 8 aromatic carbocycles. The summed E-state index contributed by atoms with van der Waals surface area (Å²) in [6.45, 7) is 30.1. The average Bonchev–Trinajstić information content (AvgIpc) is 0.791. The molecular weight excluding hydrogens is 1240 g/mol. The summed E-state index contributed by atoms with van der Waals surface area (Å²) in [7, 11) is 0. The summed E-state index contributed by atoms with van der Waals surface area (Å²) in [5.74, 6) is 4.55. The van der Waals surface area contributed by atoms with Crippen LogP contribution in [0, 0.1) is 41.4 Å². The third-order valence-electron chi connectivity index (χ3n) is 21.4. The molecule has 99 heavy (non-hydrogen) atoms. The Balaban J connectivity index is 0.000000189. The highest BCUT2D eigenvalue weighted by molar-refractivity contribution is 6.14. The number of benzene rings is 8. The molecule has 526 valence electrons. The molecule has 2 aliphatic rings. The smallest absolute Gasteiger partial charge is 0.289 e. The highest BCUT2D eigenvalue weighted by atomic mass is 19.4. The molecular formula is C90H106F6O3. The van der Waals surface area contributed by atoms with Gasteiger partial charge in [-0.2, -0.15) is 26.3 Å². The molecule has 3 nitrogen and oxygen atoms in total. The first-order chi connectivity index (χ1) is 47.0. The van der Waals surface area contributed by atoms with Crippen molar-refractivity contribution in [3.63, 3.8) is 0 Å². The van der Waals surface area contributed by atoms with Crippen LogP contribution in [0.5, 0.6) is 0 Å². The Bertz CT molecular complexity index is 3950. The maximum absolute atomic E-state index is 14.1. The van der Waals surface area contributed by atoms with Crippen molar-refractivity contribution < 1.29 is 40.7 Å². The molecule has 2 aliphatic carbocycles. The Labute approximate surface area is 588 Å². The third kappa shape index (κ3) is 19.7. The zero-order chi connectivity index (χ0) is 72.0. The molecule has 2 fully saturated rings. The number of carbonyl (C=O) groups excluding carboxylic acids is 3. The van der Waals surface area contributed by atoms with Crippen LogP contribution in [-0.2, 0) is 18.8 Å². The van der Waals surface area contributed by atoms with Gasteiger partial charge in [0, 0.05) is 33.4 Å². The minimum atomic E-state index is -4.60. The predicted octanol–water partition coefficient (Wildman–Crippen LogP) is 26.3. The monoisotopic (exact) mass is 1350 g/mol. The zero-order valence-corrected chi connectivity index (χ0v) is 61.0. The fourth-order valence-corrected chi connectivity index (χ4v) is 15.8. The molecule has 6 unspecified atom stereocenters. The highest BCUT2D eigenvalue weighted by Gasteiger charge is 2.39. The van der Waals surface area contributed by atoms with E-state index in [2.05, 4.69) is 130 Å². The van der Waals surface area contributed by atoms with E-state index in [-0.39, 0.29) is 40.6 Å². The molecule has 0 heterocycles. The van der Waals surface area contributed by atoms with Crippen molar-refractivity contribution in [1.29, 1.82) is 0 Å². The van der Waals surface area contributed by atoms with Crippen molar-refractivity contribution in [3.8, 4) is 11.1 Å². The first-order valence-corrected chi connectivity index (χ1v) is 36.5. The van der Waals surface area contributed by atoms with Crippen molar-refractivity contribution >= 4 is 17.3 Å². The van der Waals surface area contributed by atoms with Crippen molar-refractivity contribution in [2.45, 2.75) is 209 Å². The van der Waals surface area contributed by atoms with Gasteiger partial charge in [-0.15, -0.1) is 0 Å². The van der Waals surface area contributed by atoms with Crippen molar-refractivity contribution in [3.05, 3.63) is 272 Å². The molecule has 0 N–H and O–H groups in total. The molecule has 0 saturated heterocycles. The van der Waals surface area contributed by atoms with Crippen LogP contribution in [0.15, 0.2) is 188 Å². The van der Waals surface area contributed by atoms with Crippen LogP contribution < -0.4 is 0 Å². The van der Waals surface area contributed by atoms with Crippen LogP contribution in [0.1, 0.15) is 288 Å². The lowest BCUT2D eigenvalue weighted by molar-refractivity contribution is -0.138. The molecule has 0 radical (unpaired) electrons. The standard InChI is InChI=1S/C33H40O.C29H31F3O.C28H35F3O/c1-22(2)19-28-20-26(16-15-24(28)5)27-17-18-30(25-11-7-6-8-12-25)32(21-27)33(34)31-14-10-9-13-29(31)23(3)4;1-19(2)23(22-10-6-5-7-11-22)16-14-21-15-17-27(29(30,31)32)26(18-21)28(33)25-13-9-8-12-24(25)20(3)4;1-17(2)21-10-6-8-12-23(21)19(5)20-14-15-26(28(29,30)31)25(16-20)27(32)24-13-9-7-11-22(24)18(3)4/h6-14,17-18,21-24,26,28H,15-16,19-20H2,1-5H3;5-13,15,17-20,23H,14,16H2,1-4H3;7,9,11,13-19,21,23H,6,8,10,12H2,1-5H3/t24?,26?,28-;;/m0../s1. The van der Waals surface area contributed by atoms with Crippen LogP contribution in [0.4, 0.5) is 26.3 Å². The zero-order valence-electron chi connectivity index (χ0n) is 61.0. The van der Waals surface area contributed by atoms with Gasteiger partial charge in [0.05, 0.1) is 11.1 Å². The SMILES string of the molecule is CC(C)C[C@H]1CC(c2ccc(-c3ccccc3)c(C(=O)c3ccccc3C(C)C)c2)CCC1C.CC(C)c1ccccc1C(=O)c1cc(C(C)C2CCCCC2C(C)C)ccc1C(F)(F)F.CC(C)c1ccccc1C(=O)c1cc(CCC(c2ccccc2)C(C)C)ccc1C(F)(F)F. The summed E-state index contributed by atoms with van der Waals surface area (Å²) in [6.07, 6.45) is 1.88. The van der Waals surface area contributed by atoms with Gasteiger partial charge in [0.15, 0.2) is 17.3 Å². The lowest BCUT2D eigenvalue weighted by atomic mass is 9.67. The predicted molar refractivity (Wildman–Crippen MR) is 396 cm³/mol. The summed E-state index contributed by atoms with van der Waals surface area (Å²) >= 11 is 0. The molecule has 9 heteroatoms. The van der Waals surface area contributed by atoms with Crippen LogP contribution in [-0.4, -0.2) is 17.3 Å². The normalized spacial score (nSPS) is 18.0. The molecule has 10 rings (SSSR count). The first-order valence-electron chi connectivity index (χ1n) is 36.5. The minimum absolute atomic E-state index is 0.0281. The number of aryl methyl sites for hydroxylation is 1. The van der Waals surface area contributed by atoms with Gasteiger partial charge < -0.3 is 0 Å². The van der Waals surface area contributed by atoms with Gasteiger partial charge in [-0.3, -0.25) is 14.4 Å². The molecule has 0 aliphatic heterocycles. The van der Waals surface area contributed by atoms with E-state index in [1.165, 1.54) is 67.9 Å². The van der Waals surface area contributed by atoms with Gasteiger partial charge in [-0.1, -0.05) is 267 Å². The third-order valence-corrected chi connectivity index (χ3v) is 21.4. The van der Waals surface area contributed by atoms with E-state index in [4.69, 9.17) is 0 Å². The number of carbonyl (C=O) groups is 3. The van der Waals surface area contributed by atoms with E-state index in [1.807, 2.05) is 94.4 Å². The topological polar surface area (TPSA) is 51.2 Å². The van der Waals surface area contributed by atoms with Gasteiger partial charge in [-0.25, -0.2) is 0 Å². The Kier molecular flexibility index (Phi) is 27.0. The van der Waals surface area contributed by atoms with Gasteiger partial charge in [0.1, 0.15) is 0 Å². The summed E-state index contributed by atoms with van der Waals surface area (Å²) in [5, 5.41) is 0. The van der Waals surface area contributed by atoms with Crippen LogP contribution in [0.2, 0.25) is 0 Å². The van der Waals surface area contributed by atoms with E-state index >= 15 is 0 Å². The van der Waals surface area contributed by atoms with Crippen LogP contribution >= 0.6 is 0 Å². The summed E-state index contributed by atoms with van der Waals surface area (Å²) in [5.41, 5.74) is 9.09. The quantitative estimate of drug-likeness (QED) is 0.0532. The van der Waals surface area contributed by atoms with Crippen molar-refractivity contribution in [1.82, 2.24) is 0 Å². The first kappa shape index (κ1) is 77.1. The number of rotatable bonds is 21. The number of hydrogen-bond acceptors (Lipinski definition) is 3. The van der Waals surface area contributed by atoms with Gasteiger partial charge in [0.2, 0.25) is 0 Å². The van der Waals surface area contributed by atoms with Crippen molar-refractivity contribution in [2.75, 3.05) is 0 Å². The Morgan fingerprint density at radius 2 is 0.909 bits per heavy atom. The Morgan fingerprint density at radius 1 is 0.444 bits per heavy atom. The van der Waals surface area contributed by atoms with Gasteiger partial charge >= 0.3 is 12.4 Å². The van der Waals surface area contributed by atoms with Crippen LogP contribution in [0.3, 0.4) is 0 Å². The molecule has 0 bridgehead atoms. The Morgan fingerprint density at radius 3 is 1.39 bits per heavy atom. The molecule has 0 spiro atoms. The number of ketones is 3. The second kappa shape index (κ2) is 34.6. The maximum atomic E-state index is 14.1. The lowest BCUT2D eigenvalue weighted by Crippen LogP contribution is -2.28. The molecule has 8 aromatic rings. The van der Waals surface area contributed by atoms with E-state index in [1.54, 1.807) is 30.3 Å². The Hall–Kier alpha value is -7.65. The van der Waals surface area contributed by atoms with Crippen LogP contribution in [0.25, 0.3) is 11.1 Å².